The van der Waals surface area contributed by atoms with Gasteiger partial charge in [-0.1, -0.05) is 71.8 Å². The average molecular weight is 444 g/mol. The zero-order valence-electron chi connectivity index (χ0n) is 19.6. The van der Waals surface area contributed by atoms with E-state index in [9.17, 15) is 0 Å². The molecule has 0 amide bonds. The lowest BCUT2D eigenvalue weighted by Gasteiger charge is -2.32. The average Bonchev–Trinajstić information content (AvgIpc) is 2.98. The lowest BCUT2D eigenvalue weighted by Crippen LogP contribution is -2.35. The van der Waals surface area contributed by atoms with Crippen molar-refractivity contribution >= 4 is 11.8 Å². The zero-order chi connectivity index (χ0) is 21.8. The van der Waals surface area contributed by atoms with Gasteiger partial charge in [0, 0.05) is 12.3 Å². The third-order valence-electron chi connectivity index (χ3n) is 7.71. The Morgan fingerprint density at radius 2 is 1.62 bits per heavy atom. The third-order valence-corrected chi connectivity index (χ3v) is 8.97. The van der Waals surface area contributed by atoms with Crippen molar-refractivity contribution in [3.8, 4) is 0 Å². The summed E-state index contributed by atoms with van der Waals surface area (Å²) in [4.78, 5) is 2.72. The van der Waals surface area contributed by atoms with Crippen LogP contribution in [0.2, 0.25) is 0 Å². The van der Waals surface area contributed by atoms with Gasteiger partial charge in [0.2, 0.25) is 0 Å². The van der Waals surface area contributed by atoms with Crippen molar-refractivity contribution in [2.45, 2.75) is 57.1 Å². The molecular formula is C30H37NS. The molecule has 1 nitrogen and oxygen atoms in total. The minimum atomic E-state index is 0.523. The molecule has 2 aliphatic carbocycles. The molecule has 0 aromatic heterocycles. The van der Waals surface area contributed by atoms with Gasteiger partial charge in [-0.2, -0.15) is 0 Å². The third kappa shape index (κ3) is 5.24. The molecule has 1 heterocycles. The number of rotatable bonds is 6. The Hall–Kier alpha value is -1.77. The topological polar surface area (TPSA) is 3.24 Å². The fourth-order valence-electron chi connectivity index (χ4n) is 5.77. The first kappa shape index (κ1) is 22.0. The van der Waals surface area contributed by atoms with Gasteiger partial charge in [0.15, 0.2) is 0 Å². The first-order chi connectivity index (χ1) is 15.8. The summed E-state index contributed by atoms with van der Waals surface area (Å²) in [6, 6.07) is 20.3. The number of hydrogen-bond donors (Lipinski definition) is 0. The van der Waals surface area contributed by atoms with Crippen molar-refractivity contribution < 1.29 is 0 Å². The molecule has 32 heavy (non-hydrogen) atoms. The minimum absolute atomic E-state index is 0.523. The Morgan fingerprint density at radius 1 is 0.875 bits per heavy atom. The van der Waals surface area contributed by atoms with E-state index in [2.05, 4.69) is 84.3 Å². The Morgan fingerprint density at radius 3 is 2.47 bits per heavy atom. The van der Waals surface area contributed by atoms with Gasteiger partial charge < -0.3 is 4.90 Å². The van der Waals surface area contributed by atoms with Crippen LogP contribution in [0.4, 0.5) is 0 Å². The molecule has 2 heteroatoms. The van der Waals surface area contributed by atoms with Crippen LogP contribution in [0.3, 0.4) is 0 Å². The molecule has 1 unspecified atom stereocenters. The monoisotopic (exact) mass is 443 g/mol. The molecule has 0 spiro atoms. The number of piperidine rings is 1. The second-order valence-corrected chi connectivity index (χ2v) is 11.2. The largest absolute Gasteiger partial charge is 0.302 e. The van der Waals surface area contributed by atoms with Crippen LogP contribution in [-0.4, -0.2) is 30.3 Å². The Bertz CT molecular complexity index is 965. The molecule has 1 saturated heterocycles. The highest BCUT2D eigenvalue weighted by Gasteiger charge is 2.27. The van der Waals surface area contributed by atoms with Crippen LogP contribution in [0.1, 0.15) is 61.0 Å². The number of aryl methyl sites for hydroxylation is 1. The zero-order valence-corrected chi connectivity index (χ0v) is 20.4. The van der Waals surface area contributed by atoms with E-state index in [0.717, 1.165) is 5.92 Å². The normalized spacial score (nSPS) is 22.2. The lowest BCUT2D eigenvalue weighted by atomic mass is 9.89. The minimum Gasteiger partial charge on any atom is -0.302 e. The predicted molar refractivity (Wildman–Crippen MR) is 139 cm³/mol. The van der Waals surface area contributed by atoms with E-state index in [0.29, 0.717) is 5.25 Å². The Kier molecular flexibility index (Phi) is 7.19. The van der Waals surface area contributed by atoms with Crippen molar-refractivity contribution in [2.75, 3.05) is 25.4 Å². The number of likely N-dealkylation sites (tertiary alicyclic amines) is 1. The van der Waals surface area contributed by atoms with Crippen LogP contribution in [0.5, 0.6) is 0 Å². The van der Waals surface area contributed by atoms with Crippen LogP contribution < -0.4 is 0 Å². The summed E-state index contributed by atoms with van der Waals surface area (Å²) in [6.07, 6.45) is 11.5. The van der Waals surface area contributed by atoms with Gasteiger partial charge in [-0.15, -0.1) is 11.8 Å². The lowest BCUT2D eigenvalue weighted by molar-refractivity contribution is 0.193. The number of hydrogen-bond acceptors (Lipinski definition) is 2. The first-order valence-corrected chi connectivity index (χ1v) is 13.7. The maximum absolute atomic E-state index is 2.72. The number of thioether (sulfide) groups is 1. The fraction of sp³-hybridized carbons (Fsp3) is 0.467. The highest BCUT2D eigenvalue weighted by molar-refractivity contribution is 7.99. The van der Waals surface area contributed by atoms with Gasteiger partial charge >= 0.3 is 0 Å². The van der Waals surface area contributed by atoms with E-state index in [4.69, 9.17) is 0 Å². The van der Waals surface area contributed by atoms with Crippen LogP contribution in [-0.2, 0) is 12.8 Å². The molecular weight excluding hydrogens is 406 g/mol. The van der Waals surface area contributed by atoms with Crippen molar-refractivity contribution in [1.29, 1.82) is 0 Å². The second-order valence-electron chi connectivity index (χ2n) is 9.97. The maximum atomic E-state index is 2.72. The molecule has 1 fully saturated rings. The van der Waals surface area contributed by atoms with Crippen molar-refractivity contribution in [3.63, 3.8) is 0 Å². The summed E-state index contributed by atoms with van der Waals surface area (Å²) >= 11 is 2.19. The summed E-state index contributed by atoms with van der Waals surface area (Å²) in [5.74, 6) is 2.09. The van der Waals surface area contributed by atoms with Gasteiger partial charge in [-0.05, 0) is 93.1 Å². The highest BCUT2D eigenvalue weighted by Crippen LogP contribution is 2.46. The molecule has 5 rings (SSSR count). The Balaban J connectivity index is 1.19. The molecule has 1 atom stereocenters. The molecule has 168 valence electrons. The summed E-state index contributed by atoms with van der Waals surface area (Å²) in [5.41, 5.74) is 9.60. The predicted octanol–water partition coefficient (Wildman–Crippen LogP) is 7.40. The van der Waals surface area contributed by atoms with E-state index in [1.165, 1.54) is 75.9 Å². The quantitative estimate of drug-likeness (QED) is 0.457. The summed E-state index contributed by atoms with van der Waals surface area (Å²) in [5, 5.41) is 0.523. The number of nitrogens with zero attached hydrogens (tertiary/aromatic N) is 1. The van der Waals surface area contributed by atoms with Gasteiger partial charge in [0.25, 0.3) is 0 Å². The summed E-state index contributed by atoms with van der Waals surface area (Å²) < 4.78 is 0. The van der Waals surface area contributed by atoms with Gasteiger partial charge in [0.1, 0.15) is 0 Å². The molecule has 0 N–H and O–H groups in total. The van der Waals surface area contributed by atoms with Gasteiger partial charge in [-0.3, -0.25) is 0 Å². The van der Waals surface area contributed by atoms with E-state index in [1.54, 1.807) is 27.8 Å². The fourth-order valence-corrected chi connectivity index (χ4v) is 7.20. The molecule has 0 saturated carbocycles. The molecule has 2 aromatic rings. The van der Waals surface area contributed by atoms with Crippen LogP contribution >= 0.6 is 11.8 Å². The van der Waals surface area contributed by atoms with Crippen molar-refractivity contribution in [1.82, 2.24) is 4.90 Å². The van der Waals surface area contributed by atoms with Crippen molar-refractivity contribution in [2.24, 2.45) is 5.92 Å². The standard InChI is InChI=1S/C30H37NS/c1-23-11-12-27-14-13-26-9-5-6-10-28(26)30(29(27)21-23)32-20-19-31-17-15-25(16-18-31)22-24-7-3-2-4-8-24/h2-10,21,25,30H,11-20,22H2,1H3. The maximum Gasteiger partial charge on any atom is 0.0549 e. The number of benzene rings is 2. The number of fused-ring (bicyclic) bond motifs is 1. The van der Waals surface area contributed by atoms with E-state index in [-0.39, 0.29) is 0 Å². The molecule has 1 aliphatic heterocycles. The molecule has 3 aliphatic rings. The highest BCUT2D eigenvalue weighted by atomic mass is 32.2. The SMILES string of the molecule is CC1=CC2=C(CC1)CCc1ccccc1C2SCCN1CCC(Cc2ccccc2)CC1. The van der Waals surface area contributed by atoms with Crippen LogP contribution in [0.15, 0.2) is 77.4 Å². The molecule has 2 aromatic carbocycles. The smallest absolute Gasteiger partial charge is 0.0549 e. The molecule has 0 bridgehead atoms. The summed E-state index contributed by atoms with van der Waals surface area (Å²) in [6.45, 7) is 6.09. The van der Waals surface area contributed by atoms with E-state index >= 15 is 0 Å². The van der Waals surface area contributed by atoms with E-state index in [1.807, 2.05) is 0 Å². The van der Waals surface area contributed by atoms with Gasteiger partial charge in [0.05, 0.1) is 5.25 Å². The van der Waals surface area contributed by atoms with Crippen LogP contribution in [0, 0.1) is 5.92 Å². The number of allylic oxidation sites excluding steroid dienone is 3. The van der Waals surface area contributed by atoms with Crippen LogP contribution in [0.25, 0.3) is 0 Å². The van der Waals surface area contributed by atoms with E-state index < -0.39 is 0 Å². The second kappa shape index (κ2) is 10.4. The van der Waals surface area contributed by atoms with Gasteiger partial charge in [-0.25, -0.2) is 0 Å². The first-order valence-electron chi connectivity index (χ1n) is 12.6. The summed E-state index contributed by atoms with van der Waals surface area (Å²) in [7, 11) is 0. The molecule has 0 radical (unpaired) electrons. The Labute approximate surface area is 199 Å². The van der Waals surface area contributed by atoms with Crippen molar-refractivity contribution in [3.05, 3.63) is 94.1 Å².